The normalized spacial score (nSPS) is 18.6. The Labute approximate surface area is 103 Å². The quantitative estimate of drug-likeness (QED) is 0.852. The van der Waals surface area contributed by atoms with E-state index in [-0.39, 0.29) is 24.6 Å². The molecule has 0 radical (unpaired) electrons. The number of benzene rings is 1. The van der Waals surface area contributed by atoms with Crippen LogP contribution in [0.4, 0.5) is 5.69 Å². The Balaban J connectivity index is 0.00000128. The van der Waals surface area contributed by atoms with Crippen LogP contribution in [0.25, 0.3) is 0 Å². The minimum Gasteiger partial charge on any atom is -0.394 e. The number of aliphatic hydroxyl groups is 1. The Morgan fingerprint density at radius 2 is 1.69 bits per heavy atom. The third kappa shape index (κ3) is 3.13. The Bertz CT molecular complexity index is 296. The zero-order chi connectivity index (χ0) is 10.6. The van der Waals surface area contributed by atoms with Gasteiger partial charge in [-0.1, -0.05) is 37.5 Å². The molecule has 1 aliphatic carbocycles. The monoisotopic (exact) mass is 241 g/mol. The van der Waals surface area contributed by atoms with Gasteiger partial charge in [-0.05, 0) is 25.0 Å². The molecule has 0 unspecified atom stereocenters. The lowest BCUT2D eigenvalue weighted by Crippen LogP contribution is -2.43. The average Bonchev–Trinajstić information content (AvgIpc) is 2.32. The van der Waals surface area contributed by atoms with Crippen molar-refractivity contribution in [1.29, 1.82) is 0 Å². The van der Waals surface area contributed by atoms with E-state index in [2.05, 4.69) is 17.4 Å². The largest absolute Gasteiger partial charge is 0.394 e. The fraction of sp³-hybridized carbons (Fsp3) is 0.538. The molecule has 90 valence electrons. The maximum absolute atomic E-state index is 9.54. The van der Waals surface area contributed by atoms with E-state index in [4.69, 9.17) is 0 Å². The summed E-state index contributed by atoms with van der Waals surface area (Å²) in [6.07, 6.45) is 5.91. The van der Waals surface area contributed by atoms with Gasteiger partial charge in [0.1, 0.15) is 0 Å². The molecule has 0 atom stereocenters. The summed E-state index contributed by atoms with van der Waals surface area (Å²) in [5.41, 5.74) is 1.05. The highest BCUT2D eigenvalue weighted by Gasteiger charge is 2.30. The zero-order valence-corrected chi connectivity index (χ0v) is 10.3. The first-order chi connectivity index (χ1) is 7.35. The smallest absolute Gasteiger partial charge is 0.0661 e. The van der Waals surface area contributed by atoms with Gasteiger partial charge in [-0.3, -0.25) is 0 Å². The molecule has 16 heavy (non-hydrogen) atoms. The van der Waals surface area contributed by atoms with Crippen molar-refractivity contribution in [3.05, 3.63) is 30.3 Å². The lowest BCUT2D eigenvalue weighted by Gasteiger charge is -2.37. The third-order valence-electron chi connectivity index (χ3n) is 3.30. The van der Waals surface area contributed by atoms with Crippen molar-refractivity contribution in [3.8, 4) is 0 Å². The van der Waals surface area contributed by atoms with Gasteiger partial charge in [-0.15, -0.1) is 12.4 Å². The third-order valence-corrected chi connectivity index (χ3v) is 3.30. The number of hydrogen-bond acceptors (Lipinski definition) is 2. The number of nitrogens with one attached hydrogen (secondary N) is 1. The van der Waals surface area contributed by atoms with Gasteiger partial charge in [0.15, 0.2) is 0 Å². The van der Waals surface area contributed by atoms with Crippen LogP contribution in [0.1, 0.15) is 32.1 Å². The zero-order valence-electron chi connectivity index (χ0n) is 9.48. The summed E-state index contributed by atoms with van der Waals surface area (Å²) in [6.45, 7) is 0.238. The van der Waals surface area contributed by atoms with Gasteiger partial charge < -0.3 is 10.4 Å². The van der Waals surface area contributed by atoms with Gasteiger partial charge in [-0.25, -0.2) is 0 Å². The molecule has 1 aromatic carbocycles. The van der Waals surface area contributed by atoms with Crippen molar-refractivity contribution < 1.29 is 5.11 Å². The van der Waals surface area contributed by atoms with Gasteiger partial charge in [0.25, 0.3) is 0 Å². The molecule has 0 aliphatic heterocycles. The van der Waals surface area contributed by atoms with E-state index < -0.39 is 0 Å². The summed E-state index contributed by atoms with van der Waals surface area (Å²) in [4.78, 5) is 0. The van der Waals surface area contributed by atoms with Crippen LogP contribution in [-0.4, -0.2) is 17.3 Å². The van der Waals surface area contributed by atoms with Crippen LogP contribution in [0.5, 0.6) is 0 Å². The number of anilines is 1. The van der Waals surface area contributed by atoms with Gasteiger partial charge in [-0.2, -0.15) is 0 Å². The molecule has 1 aliphatic rings. The first-order valence-corrected chi connectivity index (χ1v) is 5.79. The molecule has 0 spiro atoms. The molecule has 2 nitrogen and oxygen atoms in total. The first-order valence-electron chi connectivity index (χ1n) is 5.79. The van der Waals surface area contributed by atoms with Crippen molar-refractivity contribution in [2.24, 2.45) is 0 Å². The van der Waals surface area contributed by atoms with Crippen molar-refractivity contribution in [1.82, 2.24) is 0 Å². The van der Waals surface area contributed by atoms with E-state index in [1.54, 1.807) is 0 Å². The van der Waals surface area contributed by atoms with Gasteiger partial charge in [0.2, 0.25) is 0 Å². The molecule has 2 rings (SSSR count). The van der Waals surface area contributed by atoms with E-state index in [9.17, 15) is 5.11 Å². The van der Waals surface area contributed by atoms with Crippen molar-refractivity contribution >= 4 is 18.1 Å². The summed E-state index contributed by atoms with van der Waals surface area (Å²) >= 11 is 0. The highest BCUT2D eigenvalue weighted by molar-refractivity contribution is 5.85. The Morgan fingerprint density at radius 1 is 1.06 bits per heavy atom. The number of hydrogen-bond donors (Lipinski definition) is 2. The predicted molar refractivity (Wildman–Crippen MR) is 70.2 cm³/mol. The number of rotatable bonds is 3. The van der Waals surface area contributed by atoms with E-state index in [1.807, 2.05) is 18.2 Å². The molecule has 0 amide bonds. The van der Waals surface area contributed by atoms with Crippen LogP contribution in [0.15, 0.2) is 30.3 Å². The van der Waals surface area contributed by atoms with E-state index in [0.717, 1.165) is 18.5 Å². The van der Waals surface area contributed by atoms with Crippen LogP contribution in [0.2, 0.25) is 0 Å². The van der Waals surface area contributed by atoms with Crippen LogP contribution < -0.4 is 5.32 Å². The van der Waals surface area contributed by atoms with Crippen LogP contribution >= 0.6 is 12.4 Å². The van der Waals surface area contributed by atoms with Crippen LogP contribution in [0.3, 0.4) is 0 Å². The predicted octanol–water partition coefficient (Wildman–Crippen LogP) is 3.22. The molecule has 0 heterocycles. The lowest BCUT2D eigenvalue weighted by atomic mass is 9.82. The van der Waals surface area contributed by atoms with E-state index >= 15 is 0 Å². The van der Waals surface area contributed by atoms with Crippen molar-refractivity contribution in [2.75, 3.05) is 11.9 Å². The number of halogens is 1. The molecular formula is C13H20ClNO. The second-order valence-corrected chi connectivity index (χ2v) is 4.49. The molecule has 1 fully saturated rings. The number of aliphatic hydroxyl groups excluding tert-OH is 1. The highest BCUT2D eigenvalue weighted by atomic mass is 35.5. The van der Waals surface area contributed by atoms with Crippen LogP contribution in [-0.2, 0) is 0 Å². The highest BCUT2D eigenvalue weighted by Crippen LogP contribution is 2.31. The van der Waals surface area contributed by atoms with Crippen molar-refractivity contribution in [2.45, 2.75) is 37.6 Å². The molecule has 2 N–H and O–H groups in total. The molecule has 1 saturated carbocycles. The fourth-order valence-electron chi connectivity index (χ4n) is 2.38. The molecule has 3 heteroatoms. The summed E-state index contributed by atoms with van der Waals surface area (Å²) in [5, 5.41) is 13.0. The lowest BCUT2D eigenvalue weighted by molar-refractivity contribution is 0.173. The molecule has 0 bridgehead atoms. The van der Waals surface area contributed by atoms with Gasteiger partial charge >= 0.3 is 0 Å². The SMILES string of the molecule is Cl.OCC1(Nc2ccccc2)CCCCC1. The first kappa shape index (κ1) is 13.3. The number of para-hydroxylation sites is 1. The van der Waals surface area contributed by atoms with E-state index in [0.29, 0.717) is 0 Å². The Hall–Kier alpha value is -0.730. The second-order valence-electron chi connectivity index (χ2n) is 4.49. The standard InChI is InChI=1S/C13H19NO.ClH/c15-11-13(9-5-2-6-10-13)14-12-7-3-1-4-8-12;/h1,3-4,7-8,14-15H,2,5-6,9-11H2;1H. The molecule has 1 aromatic rings. The van der Waals surface area contributed by atoms with Crippen molar-refractivity contribution in [3.63, 3.8) is 0 Å². The average molecular weight is 242 g/mol. The summed E-state index contributed by atoms with van der Waals surface area (Å²) in [7, 11) is 0. The Kier molecular flexibility index (Phi) is 5.10. The summed E-state index contributed by atoms with van der Waals surface area (Å²) < 4.78 is 0. The summed E-state index contributed by atoms with van der Waals surface area (Å²) in [6, 6.07) is 10.2. The fourth-order valence-corrected chi connectivity index (χ4v) is 2.38. The molecule has 0 saturated heterocycles. The minimum absolute atomic E-state index is 0. The molecule has 0 aromatic heterocycles. The second kappa shape index (κ2) is 6.12. The van der Waals surface area contributed by atoms with Gasteiger partial charge in [0.05, 0.1) is 12.1 Å². The van der Waals surface area contributed by atoms with E-state index in [1.165, 1.54) is 19.3 Å². The summed E-state index contributed by atoms with van der Waals surface area (Å²) in [5.74, 6) is 0. The maximum atomic E-state index is 9.54. The molecular weight excluding hydrogens is 222 g/mol. The minimum atomic E-state index is -0.0698. The van der Waals surface area contributed by atoms with Crippen LogP contribution in [0, 0.1) is 0 Å². The maximum Gasteiger partial charge on any atom is 0.0661 e. The Morgan fingerprint density at radius 3 is 2.25 bits per heavy atom. The topological polar surface area (TPSA) is 32.3 Å². The van der Waals surface area contributed by atoms with Gasteiger partial charge in [0, 0.05) is 5.69 Å².